The number of aromatic nitrogens is 1. The molecule has 5 nitrogen and oxygen atoms in total. The first-order valence-electron chi connectivity index (χ1n) is 9.03. The van der Waals surface area contributed by atoms with Crippen LogP contribution in [0.4, 0.5) is 14.5 Å². The first-order valence-corrected chi connectivity index (χ1v) is 9.03. The highest BCUT2D eigenvalue weighted by Crippen LogP contribution is 2.22. The molecule has 30 heavy (non-hydrogen) atoms. The molecule has 4 aromatic rings. The lowest BCUT2D eigenvalue weighted by atomic mass is 10.1. The average Bonchev–Trinajstić information content (AvgIpc) is 2.75. The molecule has 0 aliphatic heterocycles. The van der Waals surface area contributed by atoms with Gasteiger partial charge < -0.3 is 10.1 Å². The van der Waals surface area contributed by atoms with Gasteiger partial charge in [-0.25, -0.2) is 8.78 Å². The van der Waals surface area contributed by atoms with Crippen LogP contribution >= 0.6 is 0 Å². The summed E-state index contributed by atoms with van der Waals surface area (Å²) in [6.07, 6.45) is 1.26. The molecular weight excluding hydrogens is 390 g/mol. The van der Waals surface area contributed by atoms with E-state index in [2.05, 4.69) is 5.32 Å². The van der Waals surface area contributed by atoms with Gasteiger partial charge in [-0.2, -0.15) is 0 Å². The summed E-state index contributed by atoms with van der Waals surface area (Å²) < 4.78 is 33.9. The van der Waals surface area contributed by atoms with Crippen LogP contribution in [0.1, 0.15) is 10.4 Å². The van der Waals surface area contributed by atoms with Crippen molar-refractivity contribution in [2.45, 2.75) is 0 Å². The van der Waals surface area contributed by atoms with Gasteiger partial charge in [0.05, 0.1) is 18.4 Å². The zero-order valence-electron chi connectivity index (χ0n) is 15.9. The number of carbonyl (C=O) groups is 1. The van der Waals surface area contributed by atoms with E-state index in [-0.39, 0.29) is 16.6 Å². The summed E-state index contributed by atoms with van der Waals surface area (Å²) in [5.74, 6) is -1.60. The Kier molecular flexibility index (Phi) is 5.02. The van der Waals surface area contributed by atoms with E-state index in [0.717, 1.165) is 16.7 Å². The predicted molar refractivity (Wildman–Crippen MR) is 110 cm³/mol. The van der Waals surface area contributed by atoms with Crippen molar-refractivity contribution in [3.63, 3.8) is 0 Å². The van der Waals surface area contributed by atoms with Crippen LogP contribution in [0.25, 0.3) is 16.5 Å². The number of anilines is 1. The quantitative estimate of drug-likeness (QED) is 0.542. The Morgan fingerprint density at radius 1 is 0.967 bits per heavy atom. The van der Waals surface area contributed by atoms with Crippen molar-refractivity contribution < 1.29 is 18.3 Å². The maximum atomic E-state index is 14.4. The molecule has 0 atom stereocenters. The Labute approximate surface area is 170 Å². The van der Waals surface area contributed by atoms with Gasteiger partial charge in [0.25, 0.3) is 11.5 Å². The van der Waals surface area contributed by atoms with Crippen LogP contribution in [0.2, 0.25) is 0 Å². The summed E-state index contributed by atoms with van der Waals surface area (Å²) in [6.45, 7) is 0. The average molecular weight is 406 g/mol. The van der Waals surface area contributed by atoms with Gasteiger partial charge in [0.1, 0.15) is 17.4 Å². The Hall–Kier alpha value is -4.00. The molecule has 1 N–H and O–H groups in total. The number of nitrogens with one attached hydrogen (secondary N) is 1. The predicted octanol–water partition coefficient (Wildman–Crippen LogP) is 4.53. The molecule has 0 saturated heterocycles. The van der Waals surface area contributed by atoms with Crippen molar-refractivity contribution in [1.29, 1.82) is 0 Å². The standard InChI is InChI=1S/C23H16F2N2O3/c1-30-16-6-4-5-15(12-16)26-22(28)19-13-27(21-10-9-14(24)11-20(21)25)23(29)18-8-3-2-7-17(18)19/h2-13H,1H3,(H,26,28). The Morgan fingerprint density at radius 2 is 1.73 bits per heavy atom. The SMILES string of the molecule is COc1cccc(NC(=O)c2cn(-c3ccc(F)cc3F)c(=O)c3ccccc23)c1. The lowest BCUT2D eigenvalue weighted by molar-refractivity contribution is 0.102. The monoisotopic (exact) mass is 406 g/mol. The third kappa shape index (κ3) is 3.53. The van der Waals surface area contributed by atoms with Crippen LogP contribution in [-0.2, 0) is 0 Å². The molecule has 0 aliphatic carbocycles. The van der Waals surface area contributed by atoms with Gasteiger partial charge in [0.2, 0.25) is 0 Å². The number of methoxy groups -OCH3 is 1. The highest BCUT2D eigenvalue weighted by atomic mass is 19.1. The van der Waals surface area contributed by atoms with E-state index in [1.54, 1.807) is 48.5 Å². The number of nitrogens with zero attached hydrogens (tertiary/aromatic N) is 1. The van der Waals surface area contributed by atoms with E-state index in [1.165, 1.54) is 13.3 Å². The highest BCUT2D eigenvalue weighted by molar-refractivity contribution is 6.12. The number of halogens is 2. The van der Waals surface area contributed by atoms with E-state index in [9.17, 15) is 18.4 Å². The molecule has 0 radical (unpaired) electrons. The van der Waals surface area contributed by atoms with E-state index in [1.807, 2.05) is 0 Å². The molecule has 1 amide bonds. The number of hydrogen-bond donors (Lipinski definition) is 1. The Balaban J connectivity index is 1.87. The Morgan fingerprint density at radius 3 is 2.47 bits per heavy atom. The second kappa shape index (κ2) is 7.79. The lowest BCUT2D eigenvalue weighted by Crippen LogP contribution is -2.23. The number of carbonyl (C=O) groups excluding carboxylic acids is 1. The van der Waals surface area contributed by atoms with Gasteiger partial charge in [0.15, 0.2) is 0 Å². The van der Waals surface area contributed by atoms with Gasteiger partial charge in [-0.15, -0.1) is 0 Å². The molecule has 4 rings (SSSR count). The number of hydrogen-bond acceptors (Lipinski definition) is 3. The van der Waals surface area contributed by atoms with Crippen LogP contribution < -0.4 is 15.6 Å². The maximum absolute atomic E-state index is 14.4. The Bertz CT molecular complexity index is 1330. The summed E-state index contributed by atoms with van der Waals surface area (Å²) >= 11 is 0. The summed E-state index contributed by atoms with van der Waals surface area (Å²) in [5.41, 5.74) is -0.0116. The van der Waals surface area contributed by atoms with Crippen molar-refractivity contribution in [3.8, 4) is 11.4 Å². The number of rotatable bonds is 4. The van der Waals surface area contributed by atoms with Gasteiger partial charge in [0, 0.05) is 34.8 Å². The third-order valence-electron chi connectivity index (χ3n) is 4.67. The van der Waals surface area contributed by atoms with E-state index < -0.39 is 23.1 Å². The molecular formula is C23H16F2N2O3. The largest absolute Gasteiger partial charge is 0.497 e. The number of pyridine rings is 1. The summed E-state index contributed by atoms with van der Waals surface area (Å²) in [4.78, 5) is 26.0. The minimum absolute atomic E-state index is 0.150. The lowest BCUT2D eigenvalue weighted by Gasteiger charge is -2.13. The second-order valence-electron chi connectivity index (χ2n) is 6.55. The van der Waals surface area contributed by atoms with E-state index in [4.69, 9.17) is 4.74 Å². The zero-order valence-corrected chi connectivity index (χ0v) is 15.9. The first-order chi connectivity index (χ1) is 14.5. The minimum Gasteiger partial charge on any atom is -0.497 e. The van der Waals surface area contributed by atoms with Gasteiger partial charge in [-0.3, -0.25) is 14.2 Å². The summed E-state index contributed by atoms with van der Waals surface area (Å²) in [6, 6.07) is 16.2. The molecule has 0 bridgehead atoms. The van der Waals surface area contributed by atoms with Crippen LogP contribution in [0.15, 0.2) is 77.7 Å². The molecule has 0 saturated carbocycles. The van der Waals surface area contributed by atoms with Crippen LogP contribution in [0.3, 0.4) is 0 Å². The van der Waals surface area contributed by atoms with E-state index >= 15 is 0 Å². The maximum Gasteiger partial charge on any atom is 0.263 e. The highest BCUT2D eigenvalue weighted by Gasteiger charge is 2.17. The topological polar surface area (TPSA) is 60.3 Å². The van der Waals surface area contributed by atoms with Gasteiger partial charge >= 0.3 is 0 Å². The van der Waals surface area contributed by atoms with Crippen LogP contribution in [-0.4, -0.2) is 17.6 Å². The first kappa shape index (κ1) is 19.3. The molecule has 3 aromatic carbocycles. The van der Waals surface area contributed by atoms with Crippen molar-refractivity contribution in [2.24, 2.45) is 0 Å². The normalized spacial score (nSPS) is 10.8. The van der Waals surface area contributed by atoms with Gasteiger partial charge in [-0.1, -0.05) is 24.3 Å². The van der Waals surface area contributed by atoms with Crippen molar-refractivity contribution in [1.82, 2.24) is 4.57 Å². The molecule has 150 valence electrons. The minimum atomic E-state index is -0.911. The molecule has 0 spiro atoms. The van der Waals surface area contributed by atoms with E-state index in [0.29, 0.717) is 22.9 Å². The fourth-order valence-corrected chi connectivity index (χ4v) is 3.23. The van der Waals surface area contributed by atoms with Gasteiger partial charge in [-0.05, 0) is 30.3 Å². The number of benzene rings is 3. The third-order valence-corrected chi connectivity index (χ3v) is 4.67. The van der Waals surface area contributed by atoms with Crippen LogP contribution in [0, 0.1) is 11.6 Å². The summed E-state index contributed by atoms with van der Waals surface area (Å²) in [5, 5.41) is 3.41. The number of ether oxygens (including phenoxy) is 1. The van der Waals surface area contributed by atoms with Crippen molar-refractivity contribution in [2.75, 3.05) is 12.4 Å². The fourth-order valence-electron chi connectivity index (χ4n) is 3.23. The smallest absolute Gasteiger partial charge is 0.263 e. The number of amides is 1. The van der Waals surface area contributed by atoms with Crippen molar-refractivity contribution >= 4 is 22.4 Å². The second-order valence-corrected chi connectivity index (χ2v) is 6.55. The molecule has 1 aromatic heterocycles. The van der Waals surface area contributed by atoms with Crippen molar-refractivity contribution in [3.05, 3.63) is 100 Å². The summed E-state index contributed by atoms with van der Waals surface area (Å²) in [7, 11) is 1.52. The molecule has 0 unspecified atom stereocenters. The number of fused-ring (bicyclic) bond motifs is 1. The molecule has 7 heteroatoms. The fraction of sp³-hybridized carbons (Fsp3) is 0.0435. The van der Waals surface area contributed by atoms with Crippen LogP contribution in [0.5, 0.6) is 5.75 Å². The molecule has 1 heterocycles. The zero-order chi connectivity index (χ0) is 21.3. The molecule has 0 aliphatic rings. The molecule has 0 fully saturated rings.